The van der Waals surface area contributed by atoms with E-state index < -0.39 is 0 Å². The van der Waals surface area contributed by atoms with Crippen molar-refractivity contribution in [1.29, 1.82) is 0 Å². The van der Waals surface area contributed by atoms with Crippen molar-refractivity contribution in [1.82, 2.24) is 20.2 Å². The van der Waals surface area contributed by atoms with Crippen molar-refractivity contribution in [2.24, 2.45) is 0 Å². The van der Waals surface area contributed by atoms with Gasteiger partial charge < -0.3 is 26.2 Å². The number of anilines is 2. The fourth-order valence-corrected chi connectivity index (χ4v) is 3.67. The Morgan fingerprint density at radius 2 is 2.00 bits per heavy atom. The number of hydrogen-bond acceptors (Lipinski definition) is 8. The van der Waals surface area contributed by atoms with Crippen LogP contribution in [0.15, 0.2) is 18.2 Å². The van der Waals surface area contributed by atoms with Gasteiger partial charge in [-0.3, -0.25) is 4.90 Å². The summed E-state index contributed by atoms with van der Waals surface area (Å²) in [7, 11) is 3.79. The van der Waals surface area contributed by atoms with Crippen LogP contribution in [0, 0.1) is 6.92 Å². The van der Waals surface area contributed by atoms with Gasteiger partial charge in [0.05, 0.1) is 7.11 Å². The highest BCUT2D eigenvalue weighted by Gasteiger charge is 2.17. The molecule has 0 amide bonds. The molecule has 0 saturated heterocycles. The van der Waals surface area contributed by atoms with E-state index in [9.17, 15) is 5.11 Å². The highest BCUT2D eigenvalue weighted by Crippen LogP contribution is 2.28. The molecule has 0 unspecified atom stereocenters. The van der Waals surface area contributed by atoms with Crippen molar-refractivity contribution >= 4 is 11.8 Å². The van der Waals surface area contributed by atoms with Gasteiger partial charge in [0, 0.05) is 43.5 Å². The van der Waals surface area contributed by atoms with Crippen molar-refractivity contribution in [3.05, 3.63) is 40.6 Å². The number of aromatic nitrogens is 2. The molecule has 0 bridgehead atoms. The molecule has 1 atom stereocenters. The Morgan fingerprint density at radius 3 is 2.66 bits per heavy atom. The number of aliphatic hydroxyl groups excluding tert-OH is 1. The summed E-state index contributed by atoms with van der Waals surface area (Å²) in [5.41, 5.74) is 10.0. The molecule has 1 aromatic heterocycles. The Bertz CT molecular complexity index is 839. The third-order valence-electron chi connectivity index (χ3n) is 5.66. The van der Waals surface area contributed by atoms with E-state index in [1.165, 1.54) is 5.56 Å². The Hall–Kier alpha value is -2.42. The molecule has 178 valence electrons. The van der Waals surface area contributed by atoms with E-state index in [-0.39, 0.29) is 18.6 Å². The predicted octanol–water partition coefficient (Wildman–Crippen LogP) is 2.93. The van der Waals surface area contributed by atoms with Gasteiger partial charge in [-0.05, 0) is 50.6 Å². The summed E-state index contributed by atoms with van der Waals surface area (Å²) >= 11 is 0. The Morgan fingerprint density at radius 1 is 1.22 bits per heavy atom. The molecule has 1 heterocycles. The van der Waals surface area contributed by atoms with Gasteiger partial charge in [0.15, 0.2) is 0 Å². The van der Waals surface area contributed by atoms with Crippen molar-refractivity contribution in [3.8, 4) is 5.75 Å². The van der Waals surface area contributed by atoms with E-state index in [0.717, 1.165) is 61.0 Å². The second-order valence-electron chi connectivity index (χ2n) is 8.22. The molecule has 2 aromatic rings. The summed E-state index contributed by atoms with van der Waals surface area (Å²) in [4.78, 5) is 11.1. The first-order chi connectivity index (χ1) is 15.4. The maximum absolute atomic E-state index is 9.43. The highest BCUT2D eigenvalue weighted by atomic mass is 16.5. The quantitative estimate of drug-likeness (QED) is 0.329. The second kappa shape index (κ2) is 13.2. The summed E-state index contributed by atoms with van der Waals surface area (Å²) in [6, 6.07) is 6.45. The van der Waals surface area contributed by atoms with Crippen LogP contribution in [0.5, 0.6) is 5.75 Å². The van der Waals surface area contributed by atoms with E-state index in [1.54, 1.807) is 7.11 Å². The third kappa shape index (κ3) is 7.62. The van der Waals surface area contributed by atoms with Crippen molar-refractivity contribution in [2.75, 3.05) is 45.0 Å². The van der Waals surface area contributed by atoms with Gasteiger partial charge >= 0.3 is 0 Å². The number of hydrogen-bond donors (Lipinski definition) is 4. The minimum atomic E-state index is 0.129. The van der Waals surface area contributed by atoms with E-state index in [0.29, 0.717) is 12.8 Å². The maximum atomic E-state index is 9.43. The monoisotopic (exact) mass is 444 g/mol. The second-order valence-corrected chi connectivity index (χ2v) is 8.22. The number of nitrogen functional groups attached to an aromatic ring is 1. The molecular formula is C24H40N6O2. The summed E-state index contributed by atoms with van der Waals surface area (Å²) < 4.78 is 5.71. The average Bonchev–Trinajstić information content (AvgIpc) is 2.76. The zero-order valence-electron chi connectivity index (χ0n) is 20.2. The van der Waals surface area contributed by atoms with Crippen molar-refractivity contribution < 1.29 is 9.84 Å². The smallest absolute Gasteiger partial charge is 0.222 e. The van der Waals surface area contributed by atoms with Crippen molar-refractivity contribution in [2.45, 2.75) is 59.0 Å². The summed E-state index contributed by atoms with van der Waals surface area (Å²) in [5.74, 6) is 1.83. The molecule has 8 heteroatoms. The fourth-order valence-electron chi connectivity index (χ4n) is 3.67. The van der Waals surface area contributed by atoms with E-state index in [2.05, 4.69) is 64.6 Å². The lowest BCUT2D eigenvalue weighted by Gasteiger charge is -2.21. The van der Waals surface area contributed by atoms with Crippen LogP contribution < -0.4 is 21.1 Å². The van der Waals surface area contributed by atoms with E-state index >= 15 is 0 Å². The van der Waals surface area contributed by atoms with Crippen molar-refractivity contribution in [3.63, 3.8) is 0 Å². The highest BCUT2D eigenvalue weighted by molar-refractivity contribution is 5.53. The Kier molecular flexibility index (Phi) is 10.7. The predicted molar refractivity (Wildman–Crippen MR) is 131 cm³/mol. The lowest BCUT2D eigenvalue weighted by atomic mass is 10.0. The Labute approximate surface area is 192 Å². The van der Waals surface area contributed by atoms with Gasteiger partial charge in [-0.1, -0.05) is 32.4 Å². The SMILES string of the molecule is CCC[C@@H](CCO)Nc1nc(N)nc(C)c1Cc1ccc(CNCN(C)CC)cc1OC. The largest absolute Gasteiger partial charge is 0.496 e. The molecule has 0 radical (unpaired) electrons. The molecule has 8 nitrogen and oxygen atoms in total. The number of benzene rings is 1. The number of nitrogens with one attached hydrogen (secondary N) is 2. The van der Waals surface area contributed by atoms with Crippen LogP contribution in [0.1, 0.15) is 55.5 Å². The minimum absolute atomic E-state index is 0.129. The summed E-state index contributed by atoms with van der Waals surface area (Å²) in [5, 5.41) is 16.4. The van der Waals surface area contributed by atoms with Crippen LogP contribution in [0.4, 0.5) is 11.8 Å². The van der Waals surface area contributed by atoms with E-state index in [4.69, 9.17) is 10.5 Å². The first kappa shape index (κ1) is 25.8. The molecule has 0 aliphatic rings. The van der Waals surface area contributed by atoms with Gasteiger partial charge in [0.1, 0.15) is 11.6 Å². The molecule has 0 saturated carbocycles. The van der Waals surface area contributed by atoms with Crippen LogP contribution in [-0.4, -0.2) is 60.0 Å². The number of ether oxygens (including phenoxy) is 1. The number of nitrogens with two attached hydrogens (primary N) is 1. The standard InChI is InChI=1S/C24H40N6O2/c1-6-8-20(11-12-31)28-23-21(17(3)27-24(25)29-23)14-19-10-9-18(13-22(19)32-5)15-26-16-30(4)7-2/h9-10,13,20,26,31H,6-8,11-12,14-16H2,1-5H3,(H3,25,27,28,29)/t20-/m0/s1. The molecule has 0 fully saturated rings. The van der Waals surface area contributed by atoms with Gasteiger partial charge in [0.2, 0.25) is 5.95 Å². The van der Waals surface area contributed by atoms with Gasteiger partial charge in [0.25, 0.3) is 0 Å². The third-order valence-corrected chi connectivity index (χ3v) is 5.66. The number of methoxy groups -OCH3 is 1. The van der Waals surface area contributed by atoms with Gasteiger partial charge in [-0.25, -0.2) is 4.98 Å². The topological polar surface area (TPSA) is 109 Å². The van der Waals surface area contributed by atoms with Crippen LogP contribution >= 0.6 is 0 Å². The zero-order valence-corrected chi connectivity index (χ0v) is 20.2. The lowest BCUT2D eigenvalue weighted by molar-refractivity contribution is 0.276. The average molecular weight is 445 g/mol. The fraction of sp³-hybridized carbons (Fsp3) is 0.583. The van der Waals surface area contributed by atoms with E-state index in [1.807, 2.05) is 6.92 Å². The zero-order chi connectivity index (χ0) is 23.5. The van der Waals surface area contributed by atoms with Crippen LogP contribution in [0.2, 0.25) is 0 Å². The molecular weight excluding hydrogens is 404 g/mol. The lowest BCUT2D eigenvalue weighted by Crippen LogP contribution is -2.30. The maximum Gasteiger partial charge on any atom is 0.222 e. The summed E-state index contributed by atoms with van der Waals surface area (Å²) in [6.07, 6.45) is 3.25. The molecule has 32 heavy (non-hydrogen) atoms. The van der Waals surface area contributed by atoms with Crippen LogP contribution in [0.25, 0.3) is 0 Å². The number of aryl methyl sites for hydroxylation is 1. The van der Waals surface area contributed by atoms with Crippen LogP contribution in [-0.2, 0) is 13.0 Å². The Balaban J connectivity index is 2.25. The molecule has 0 aliphatic carbocycles. The molecule has 1 aromatic carbocycles. The molecule has 0 spiro atoms. The first-order valence-electron chi connectivity index (χ1n) is 11.5. The minimum Gasteiger partial charge on any atom is -0.496 e. The normalized spacial score (nSPS) is 12.2. The first-order valence-corrected chi connectivity index (χ1v) is 11.5. The summed E-state index contributed by atoms with van der Waals surface area (Å²) in [6.45, 7) is 8.97. The number of rotatable bonds is 14. The van der Waals surface area contributed by atoms with Crippen LogP contribution in [0.3, 0.4) is 0 Å². The molecule has 2 rings (SSSR count). The number of aliphatic hydroxyl groups is 1. The number of nitrogens with zero attached hydrogens (tertiary/aromatic N) is 3. The van der Waals surface area contributed by atoms with Gasteiger partial charge in [-0.15, -0.1) is 0 Å². The van der Waals surface area contributed by atoms with Gasteiger partial charge in [-0.2, -0.15) is 4.98 Å². The molecule has 0 aliphatic heterocycles. The molecule has 5 N–H and O–H groups in total.